The minimum absolute atomic E-state index is 0.194. The van der Waals surface area contributed by atoms with Gasteiger partial charge in [-0.2, -0.15) is 0 Å². The second kappa shape index (κ2) is 9.91. The van der Waals surface area contributed by atoms with Gasteiger partial charge in [0.25, 0.3) is 11.8 Å². The first-order valence-corrected chi connectivity index (χ1v) is 10.5. The number of amides is 2. The van der Waals surface area contributed by atoms with E-state index in [2.05, 4.69) is 15.6 Å². The third kappa shape index (κ3) is 5.15. The maximum Gasteiger partial charge on any atom is 0.252 e. The molecule has 0 bridgehead atoms. The molecule has 1 aromatic heterocycles. The van der Waals surface area contributed by atoms with Gasteiger partial charge in [0.15, 0.2) is 5.76 Å². The van der Waals surface area contributed by atoms with Crippen LogP contribution in [-0.4, -0.2) is 29.9 Å². The second-order valence-corrected chi connectivity index (χ2v) is 7.42. The summed E-state index contributed by atoms with van der Waals surface area (Å²) in [5.74, 6) is -0.211. The summed E-state index contributed by atoms with van der Waals surface area (Å²) in [7, 11) is 0. The number of nitrogens with one attached hydrogen (secondary N) is 2. The smallest absolute Gasteiger partial charge is 0.252 e. The highest BCUT2D eigenvalue weighted by Gasteiger charge is 2.17. The lowest BCUT2D eigenvalue weighted by Crippen LogP contribution is -2.34. The van der Waals surface area contributed by atoms with Gasteiger partial charge in [-0.05, 0) is 36.8 Å². The third-order valence-electron chi connectivity index (χ3n) is 5.10. The fraction of sp³-hybridized carbons (Fsp3) is 0.115. The lowest BCUT2D eigenvalue weighted by molar-refractivity contribution is 0.0927. The quantitative estimate of drug-likeness (QED) is 0.409. The minimum atomic E-state index is -0.436. The highest BCUT2D eigenvalue weighted by molar-refractivity contribution is 6.00. The van der Waals surface area contributed by atoms with Gasteiger partial charge in [-0.15, -0.1) is 0 Å². The van der Waals surface area contributed by atoms with Gasteiger partial charge in [-0.1, -0.05) is 48.5 Å². The number of carbonyl (C=O) groups is 2. The average molecular weight is 443 g/mol. The number of carbonyl (C=O) groups excluding carboxylic acids is 2. The van der Waals surface area contributed by atoms with Crippen molar-refractivity contribution in [3.8, 4) is 22.8 Å². The Hall–Kier alpha value is -4.26. The Balaban J connectivity index is 1.38. The zero-order chi connectivity index (χ0) is 23.2. The van der Waals surface area contributed by atoms with E-state index >= 15 is 0 Å². The van der Waals surface area contributed by atoms with Crippen molar-refractivity contribution in [2.45, 2.75) is 6.92 Å². The summed E-state index contributed by atoms with van der Waals surface area (Å²) in [4.78, 5) is 29.3. The molecule has 0 aliphatic carbocycles. The molecule has 6 nitrogen and oxygen atoms in total. The van der Waals surface area contributed by atoms with E-state index in [0.717, 1.165) is 5.56 Å². The first-order valence-electron chi connectivity index (χ1n) is 10.5. The summed E-state index contributed by atoms with van der Waals surface area (Å²) in [6.45, 7) is 2.03. The van der Waals surface area contributed by atoms with Crippen LogP contribution in [-0.2, 0) is 0 Å². The Bertz CT molecular complexity index is 1280. The van der Waals surface area contributed by atoms with Crippen molar-refractivity contribution in [2.24, 2.45) is 0 Å². The van der Waals surface area contributed by atoms with E-state index in [1.807, 2.05) is 30.3 Å². The van der Waals surface area contributed by atoms with Gasteiger partial charge < -0.3 is 15.1 Å². The van der Waals surface area contributed by atoms with E-state index < -0.39 is 11.7 Å². The fourth-order valence-corrected chi connectivity index (χ4v) is 3.29. The summed E-state index contributed by atoms with van der Waals surface area (Å²) in [5.41, 5.74) is 2.57. The molecule has 3 aromatic carbocycles. The molecule has 0 unspecified atom stereocenters. The van der Waals surface area contributed by atoms with Crippen LogP contribution in [0.5, 0.6) is 0 Å². The predicted molar refractivity (Wildman–Crippen MR) is 123 cm³/mol. The van der Waals surface area contributed by atoms with Crippen molar-refractivity contribution in [1.82, 2.24) is 15.6 Å². The van der Waals surface area contributed by atoms with Crippen LogP contribution in [0.15, 0.2) is 83.4 Å². The average Bonchev–Trinajstić information content (AvgIpc) is 3.34. The molecule has 2 N–H and O–H groups in total. The number of oxazole rings is 1. The van der Waals surface area contributed by atoms with Crippen molar-refractivity contribution >= 4 is 11.8 Å². The van der Waals surface area contributed by atoms with Crippen LogP contribution in [0, 0.1) is 12.7 Å². The van der Waals surface area contributed by atoms with Crippen LogP contribution in [0.25, 0.3) is 22.8 Å². The topological polar surface area (TPSA) is 84.2 Å². The molecule has 4 aromatic rings. The molecule has 0 spiro atoms. The molecule has 0 saturated carbocycles. The maximum absolute atomic E-state index is 13.6. The molecule has 0 atom stereocenters. The molecular formula is C26H22FN3O3. The number of aromatic nitrogens is 1. The van der Waals surface area contributed by atoms with E-state index in [4.69, 9.17) is 4.42 Å². The van der Waals surface area contributed by atoms with Crippen LogP contribution < -0.4 is 10.6 Å². The lowest BCUT2D eigenvalue weighted by Gasteiger charge is -2.09. The molecule has 33 heavy (non-hydrogen) atoms. The Morgan fingerprint density at radius 1 is 0.909 bits per heavy atom. The summed E-state index contributed by atoms with van der Waals surface area (Å²) in [5, 5.41) is 5.45. The molecule has 7 heteroatoms. The molecule has 1 heterocycles. The second-order valence-electron chi connectivity index (χ2n) is 7.42. The van der Waals surface area contributed by atoms with Gasteiger partial charge in [0.2, 0.25) is 5.89 Å². The van der Waals surface area contributed by atoms with E-state index in [1.54, 1.807) is 49.5 Å². The molecule has 0 radical (unpaired) electrons. The molecule has 0 aliphatic heterocycles. The number of rotatable bonds is 7. The maximum atomic E-state index is 13.6. The molecule has 0 fully saturated rings. The number of halogens is 1. The van der Waals surface area contributed by atoms with Gasteiger partial charge in [-0.25, -0.2) is 9.37 Å². The Morgan fingerprint density at radius 2 is 1.61 bits per heavy atom. The molecule has 166 valence electrons. The number of benzene rings is 3. The summed E-state index contributed by atoms with van der Waals surface area (Å²) >= 11 is 0. The van der Waals surface area contributed by atoms with Gasteiger partial charge in [0.05, 0.1) is 11.8 Å². The standard InChI is InChI=1S/C26H22FN3O3/c1-17-11-12-19(15-22(17)27)24(31)28-13-14-29-25(32)20-9-5-6-10-21(20)26-30-16-23(33-26)18-7-3-2-4-8-18/h2-12,15-16H,13-14H2,1H3,(H,28,31)(H,29,32). The largest absolute Gasteiger partial charge is 0.436 e. The van der Waals surface area contributed by atoms with Crippen LogP contribution >= 0.6 is 0 Å². The predicted octanol–water partition coefficient (Wildman–Crippen LogP) is 4.62. The molecule has 0 aliphatic rings. The minimum Gasteiger partial charge on any atom is -0.436 e. The van der Waals surface area contributed by atoms with Crippen LogP contribution in [0.2, 0.25) is 0 Å². The first kappa shape index (κ1) is 22.0. The van der Waals surface area contributed by atoms with Crippen molar-refractivity contribution in [1.29, 1.82) is 0 Å². The third-order valence-corrected chi connectivity index (χ3v) is 5.10. The number of hydrogen-bond donors (Lipinski definition) is 2. The van der Waals surface area contributed by atoms with E-state index in [-0.39, 0.29) is 24.6 Å². The Morgan fingerprint density at radius 3 is 2.36 bits per heavy atom. The van der Waals surface area contributed by atoms with Gasteiger partial charge in [0, 0.05) is 29.8 Å². The number of hydrogen-bond acceptors (Lipinski definition) is 4. The van der Waals surface area contributed by atoms with Gasteiger partial charge >= 0.3 is 0 Å². The van der Waals surface area contributed by atoms with Gasteiger partial charge in [0.1, 0.15) is 5.82 Å². The summed E-state index contributed by atoms with van der Waals surface area (Å²) in [6, 6.07) is 20.9. The normalized spacial score (nSPS) is 10.6. The zero-order valence-electron chi connectivity index (χ0n) is 18.0. The number of nitrogens with zero attached hydrogens (tertiary/aromatic N) is 1. The van der Waals surface area contributed by atoms with E-state index in [1.165, 1.54) is 6.07 Å². The van der Waals surface area contributed by atoms with Gasteiger partial charge in [-0.3, -0.25) is 9.59 Å². The van der Waals surface area contributed by atoms with Crippen LogP contribution in [0.4, 0.5) is 4.39 Å². The fourth-order valence-electron chi connectivity index (χ4n) is 3.29. The Kier molecular flexibility index (Phi) is 6.59. The van der Waals surface area contributed by atoms with Crippen molar-refractivity contribution in [2.75, 3.05) is 13.1 Å². The van der Waals surface area contributed by atoms with Crippen LogP contribution in [0.3, 0.4) is 0 Å². The van der Waals surface area contributed by atoms with E-state index in [9.17, 15) is 14.0 Å². The highest BCUT2D eigenvalue weighted by atomic mass is 19.1. The Labute approximate surface area is 190 Å². The van der Waals surface area contributed by atoms with Crippen molar-refractivity contribution in [3.05, 3.63) is 102 Å². The van der Waals surface area contributed by atoms with Crippen LogP contribution in [0.1, 0.15) is 26.3 Å². The number of aryl methyl sites for hydroxylation is 1. The summed E-state index contributed by atoms with van der Waals surface area (Å²) < 4.78 is 19.5. The summed E-state index contributed by atoms with van der Waals surface area (Å²) in [6.07, 6.45) is 1.63. The highest BCUT2D eigenvalue weighted by Crippen LogP contribution is 2.28. The first-order chi connectivity index (χ1) is 16.0. The lowest BCUT2D eigenvalue weighted by atomic mass is 10.1. The molecule has 2 amide bonds. The van der Waals surface area contributed by atoms with Crippen molar-refractivity contribution < 1.29 is 18.4 Å². The monoisotopic (exact) mass is 443 g/mol. The molecular weight excluding hydrogens is 421 g/mol. The SMILES string of the molecule is Cc1ccc(C(=O)NCCNC(=O)c2ccccc2-c2ncc(-c3ccccc3)o2)cc1F. The molecule has 0 saturated heterocycles. The van der Waals surface area contributed by atoms with Crippen molar-refractivity contribution in [3.63, 3.8) is 0 Å². The zero-order valence-corrected chi connectivity index (χ0v) is 18.0. The van der Waals surface area contributed by atoms with E-state index in [0.29, 0.717) is 28.3 Å². The molecule has 4 rings (SSSR count).